The van der Waals surface area contributed by atoms with Crippen LogP contribution in [0.2, 0.25) is 0 Å². The molecule has 4 rings (SSSR count). The zero-order valence-electron chi connectivity index (χ0n) is 16.7. The quantitative estimate of drug-likeness (QED) is 0.697. The van der Waals surface area contributed by atoms with E-state index in [4.69, 9.17) is 19.4 Å². The summed E-state index contributed by atoms with van der Waals surface area (Å²) in [4.78, 5) is 26.7. The van der Waals surface area contributed by atoms with Crippen molar-refractivity contribution in [2.75, 3.05) is 26.3 Å². The molecule has 3 fully saturated rings. The number of aromatic nitrogens is 1. The molecule has 1 spiro atoms. The molecule has 7 nitrogen and oxygen atoms in total. The van der Waals surface area contributed by atoms with E-state index in [1.165, 1.54) is 0 Å². The van der Waals surface area contributed by atoms with Crippen LogP contribution in [0.1, 0.15) is 31.2 Å². The first kappa shape index (κ1) is 23.4. The van der Waals surface area contributed by atoms with E-state index in [1.54, 1.807) is 17.3 Å². The number of hydrogen-bond acceptors (Lipinski definition) is 5. The van der Waals surface area contributed by atoms with E-state index in [0.29, 0.717) is 45.8 Å². The molecule has 1 saturated carbocycles. The number of alkyl halides is 4. The zero-order valence-corrected chi connectivity index (χ0v) is 16.7. The third-order valence-electron chi connectivity index (χ3n) is 5.91. The van der Waals surface area contributed by atoms with Crippen LogP contribution >= 0.6 is 0 Å². The van der Waals surface area contributed by atoms with Gasteiger partial charge in [-0.05, 0) is 43.4 Å². The van der Waals surface area contributed by atoms with E-state index in [9.17, 15) is 22.4 Å². The molecule has 1 aromatic heterocycles. The van der Waals surface area contributed by atoms with Crippen LogP contribution < -0.4 is 0 Å². The van der Waals surface area contributed by atoms with Gasteiger partial charge in [0.1, 0.15) is 5.60 Å². The average Bonchev–Trinajstić information content (AvgIpc) is 3.09. The summed E-state index contributed by atoms with van der Waals surface area (Å²) < 4.78 is 57.8. The molecule has 1 atom stereocenters. The molecule has 1 aliphatic carbocycles. The fourth-order valence-corrected chi connectivity index (χ4v) is 3.90. The van der Waals surface area contributed by atoms with Crippen LogP contribution in [-0.2, 0) is 25.7 Å². The Morgan fingerprint density at radius 2 is 1.87 bits per heavy atom. The molecular weight excluding hydrogens is 424 g/mol. The summed E-state index contributed by atoms with van der Waals surface area (Å²) in [6.07, 6.45) is 0.898. The number of ether oxygens (including phenoxy) is 2. The lowest BCUT2D eigenvalue weighted by Gasteiger charge is -2.52. The minimum absolute atomic E-state index is 0.264. The molecule has 172 valence electrons. The van der Waals surface area contributed by atoms with Gasteiger partial charge in [0.25, 0.3) is 5.91 Å². The fraction of sp³-hybridized carbons (Fsp3) is 0.650. The van der Waals surface area contributed by atoms with E-state index in [1.807, 2.05) is 12.1 Å². The van der Waals surface area contributed by atoms with E-state index in [-0.39, 0.29) is 17.4 Å². The summed E-state index contributed by atoms with van der Waals surface area (Å²) in [5.74, 6) is -2.83. The van der Waals surface area contributed by atoms with Crippen LogP contribution in [0.3, 0.4) is 0 Å². The summed E-state index contributed by atoms with van der Waals surface area (Å²) in [7, 11) is 0. The van der Waals surface area contributed by atoms with Crippen molar-refractivity contribution in [3.05, 3.63) is 30.1 Å². The monoisotopic (exact) mass is 448 g/mol. The van der Waals surface area contributed by atoms with Gasteiger partial charge in [-0.1, -0.05) is 0 Å². The number of nitrogens with zero attached hydrogens (tertiary/aromatic N) is 2. The first-order valence-corrected chi connectivity index (χ1v) is 9.95. The van der Waals surface area contributed by atoms with Gasteiger partial charge in [-0.2, -0.15) is 13.2 Å². The van der Waals surface area contributed by atoms with Crippen LogP contribution in [0.4, 0.5) is 17.6 Å². The number of carboxylic acids is 1. The number of pyridine rings is 1. The number of amides is 1. The van der Waals surface area contributed by atoms with Gasteiger partial charge in [0.05, 0.1) is 26.3 Å². The lowest BCUT2D eigenvalue weighted by molar-refractivity contribution is -0.192. The third kappa shape index (κ3) is 5.32. The van der Waals surface area contributed by atoms with Crippen molar-refractivity contribution in [2.24, 2.45) is 5.92 Å². The fourth-order valence-electron chi connectivity index (χ4n) is 3.90. The highest BCUT2D eigenvalue weighted by atomic mass is 19.4. The van der Waals surface area contributed by atoms with E-state index >= 15 is 0 Å². The molecule has 0 aromatic carbocycles. The van der Waals surface area contributed by atoms with Gasteiger partial charge in [-0.3, -0.25) is 9.78 Å². The molecule has 1 N–H and O–H groups in total. The van der Waals surface area contributed by atoms with Crippen molar-refractivity contribution in [2.45, 2.75) is 49.7 Å². The van der Waals surface area contributed by atoms with Crippen molar-refractivity contribution < 1.29 is 41.7 Å². The highest BCUT2D eigenvalue weighted by Gasteiger charge is 2.58. The Kier molecular flexibility index (Phi) is 6.85. The zero-order chi connectivity index (χ0) is 22.7. The Morgan fingerprint density at radius 3 is 2.39 bits per heavy atom. The number of halogens is 4. The highest BCUT2D eigenvalue weighted by molar-refractivity contribution is 5.87. The van der Waals surface area contributed by atoms with Crippen molar-refractivity contribution in [3.8, 4) is 0 Å². The maximum absolute atomic E-state index is 14.3. The number of carbonyl (C=O) groups excluding carboxylic acids is 1. The second kappa shape index (κ2) is 9.07. The van der Waals surface area contributed by atoms with E-state index < -0.39 is 17.8 Å². The molecule has 2 saturated heterocycles. The largest absolute Gasteiger partial charge is 0.490 e. The van der Waals surface area contributed by atoms with Crippen molar-refractivity contribution in [3.63, 3.8) is 0 Å². The summed E-state index contributed by atoms with van der Waals surface area (Å²) in [6, 6.07) is 3.87. The molecule has 2 aliphatic heterocycles. The maximum atomic E-state index is 14.3. The van der Waals surface area contributed by atoms with Crippen molar-refractivity contribution in [1.29, 1.82) is 0 Å². The first-order valence-electron chi connectivity index (χ1n) is 9.95. The SMILES string of the molecule is O=C(N1CC2(C1)OCCC2COCc1ccncc1)C1(F)CCC1.O=C(O)C(F)(F)F. The van der Waals surface area contributed by atoms with Gasteiger partial charge in [0.15, 0.2) is 5.67 Å². The van der Waals surface area contributed by atoms with Crippen LogP contribution in [0, 0.1) is 5.92 Å². The molecule has 3 aliphatic rings. The summed E-state index contributed by atoms with van der Waals surface area (Å²) in [5.41, 5.74) is -0.839. The lowest BCUT2D eigenvalue weighted by Crippen LogP contribution is -2.69. The smallest absolute Gasteiger partial charge is 0.475 e. The average molecular weight is 448 g/mol. The Labute approximate surface area is 176 Å². The van der Waals surface area contributed by atoms with Gasteiger partial charge in [0, 0.05) is 24.9 Å². The number of likely N-dealkylation sites (tertiary alicyclic amines) is 1. The maximum Gasteiger partial charge on any atom is 0.490 e. The molecule has 31 heavy (non-hydrogen) atoms. The number of aliphatic carboxylic acids is 1. The molecule has 1 aromatic rings. The van der Waals surface area contributed by atoms with E-state index in [0.717, 1.165) is 18.4 Å². The number of carbonyl (C=O) groups is 2. The Morgan fingerprint density at radius 1 is 1.26 bits per heavy atom. The van der Waals surface area contributed by atoms with Gasteiger partial charge < -0.3 is 19.5 Å². The topological polar surface area (TPSA) is 89.0 Å². The Hall–Kier alpha value is -2.27. The number of rotatable bonds is 5. The second-order valence-electron chi connectivity index (χ2n) is 8.05. The van der Waals surface area contributed by atoms with Crippen LogP contribution in [0.25, 0.3) is 0 Å². The van der Waals surface area contributed by atoms with Gasteiger partial charge in [-0.15, -0.1) is 0 Å². The Bertz CT molecular complexity index is 780. The summed E-state index contributed by atoms with van der Waals surface area (Å²) in [5, 5.41) is 7.12. The molecule has 0 radical (unpaired) electrons. The number of carboxylic acid groups (broad SMARTS) is 1. The second-order valence-corrected chi connectivity index (χ2v) is 8.05. The number of hydrogen-bond donors (Lipinski definition) is 1. The predicted octanol–water partition coefficient (Wildman–Crippen LogP) is 2.74. The van der Waals surface area contributed by atoms with Crippen molar-refractivity contribution in [1.82, 2.24) is 9.88 Å². The highest BCUT2D eigenvalue weighted by Crippen LogP contribution is 2.44. The minimum Gasteiger partial charge on any atom is -0.475 e. The van der Waals surface area contributed by atoms with Crippen LogP contribution in [0.15, 0.2) is 24.5 Å². The molecule has 1 amide bonds. The molecule has 11 heteroatoms. The molecule has 0 bridgehead atoms. The minimum atomic E-state index is -5.08. The first-order chi connectivity index (χ1) is 14.6. The molecule has 3 heterocycles. The van der Waals surface area contributed by atoms with Gasteiger partial charge in [-0.25, -0.2) is 9.18 Å². The normalized spacial score (nSPS) is 23.4. The van der Waals surface area contributed by atoms with E-state index in [2.05, 4.69) is 4.98 Å². The standard InChI is InChI=1S/C18H23FN2O3.C2HF3O2/c19-17(5-1-6-17)16(22)21-12-18(13-21)15(4-9-24-18)11-23-10-14-2-7-20-8-3-14;3-2(4,5)1(6)7/h2-3,7-8,15H,1,4-6,9-13H2;(H,6,7). The summed E-state index contributed by atoms with van der Waals surface area (Å²) >= 11 is 0. The van der Waals surface area contributed by atoms with Crippen LogP contribution in [-0.4, -0.2) is 70.6 Å². The molecular formula is C20H24F4N2O5. The Balaban J connectivity index is 0.000000339. The third-order valence-corrected chi connectivity index (χ3v) is 5.91. The van der Waals surface area contributed by atoms with Gasteiger partial charge in [0.2, 0.25) is 0 Å². The lowest BCUT2D eigenvalue weighted by atomic mass is 9.76. The van der Waals surface area contributed by atoms with Crippen molar-refractivity contribution >= 4 is 11.9 Å². The summed E-state index contributed by atoms with van der Waals surface area (Å²) in [6.45, 7) is 2.84. The molecule has 1 unspecified atom stereocenters. The predicted molar refractivity (Wildman–Crippen MR) is 98.6 cm³/mol. The van der Waals surface area contributed by atoms with Gasteiger partial charge >= 0.3 is 12.1 Å². The van der Waals surface area contributed by atoms with Crippen LogP contribution in [0.5, 0.6) is 0 Å².